The number of benzene rings is 1. The van der Waals surface area contributed by atoms with Crippen LogP contribution in [0.2, 0.25) is 5.02 Å². The molecule has 1 N–H and O–H groups in total. The second-order valence-corrected chi connectivity index (χ2v) is 5.23. The van der Waals surface area contributed by atoms with Crippen LogP contribution in [0.25, 0.3) is 0 Å². The van der Waals surface area contributed by atoms with E-state index in [1.54, 1.807) is 43.5 Å². The third kappa shape index (κ3) is 4.79. The van der Waals surface area contributed by atoms with Crippen LogP contribution in [-0.4, -0.2) is 25.7 Å². The molecule has 1 heterocycles. The van der Waals surface area contributed by atoms with Crippen LogP contribution < -0.4 is 10.1 Å². The lowest BCUT2D eigenvalue weighted by Gasteiger charge is -2.15. The molecule has 2 aromatic rings. The Morgan fingerprint density at radius 1 is 1.27 bits per heavy atom. The highest BCUT2D eigenvalue weighted by atomic mass is 35.5. The largest absolute Gasteiger partial charge is 0.489 e. The first-order chi connectivity index (χ1) is 10.6. The molecule has 0 bridgehead atoms. The molecule has 0 aliphatic rings. The van der Waals surface area contributed by atoms with Crippen molar-refractivity contribution in [1.29, 1.82) is 0 Å². The van der Waals surface area contributed by atoms with E-state index in [9.17, 15) is 4.79 Å². The highest BCUT2D eigenvalue weighted by molar-refractivity contribution is 6.30. The van der Waals surface area contributed by atoms with Crippen LogP contribution in [0.15, 0.2) is 40.8 Å². The van der Waals surface area contributed by atoms with Crippen LogP contribution in [0.3, 0.4) is 0 Å². The first-order valence-corrected chi connectivity index (χ1v) is 7.24. The minimum Gasteiger partial charge on any atom is -0.489 e. The summed E-state index contributed by atoms with van der Waals surface area (Å²) >= 11 is 5.81. The van der Waals surface area contributed by atoms with E-state index < -0.39 is 0 Å². The van der Waals surface area contributed by atoms with E-state index in [1.165, 1.54) is 0 Å². The Labute approximate surface area is 134 Å². The molecule has 0 unspecified atom stereocenters. The lowest BCUT2D eigenvalue weighted by atomic mass is 10.3. The molecule has 118 valence electrons. The second-order valence-electron chi connectivity index (χ2n) is 4.79. The molecule has 0 saturated carbocycles. The van der Waals surface area contributed by atoms with Crippen molar-refractivity contribution in [3.05, 3.63) is 52.9 Å². The number of carbonyl (C=O) groups excluding carboxylic acids is 1. The Kier molecular flexibility index (Phi) is 5.86. The summed E-state index contributed by atoms with van der Waals surface area (Å²) in [6, 6.07) is 10.4. The summed E-state index contributed by atoms with van der Waals surface area (Å²) in [6.07, 6.45) is -0.182. The second kappa shape index (κ2) is 7.87. The third-order valence-electron chi connectivity index (χ3n) is 2.87. The maximum Gasteiger partial charge on any atom is 0.287 e. The molecule has 2 rings (SSSR count). The van der Waals surface area contributed by atoms with Gasteiger partial charge in [0.15, 0.2) is 5.76 Å². The van der Waals surface area contributed by atoms with Gasteiger partial charge in [-0.25, -0.2) is 0 Å². The predicted octanol–water partition coefficient (Wildman–Crippen LogP) is 3.28. The lowest BCUT2D eigenvalue weighted by Crippen LogP contribution is -2.33. The van der Waals surface area contributed by atoms with Gasteiger partial charge in [0.25, 0.3) is 5.91 Å². The molecule has 6 heteroatoms. The Bertz CT molecular complexity index is 609. The van der Waals surface area contributed by atoms with Crippen molar-refractivity contribution < 1.29 is 18.7 Å². The first kappa shape index (κ1) is 16.4. The van der Waals surface area contributed by atoms with Gasteiger partial charge >= 0.3 is 0 Å². The van der Waals surface area contributed by atoms with Gasteiger partial charge in [-0.1, -0.05) is 11.6 Å². The van der Waals surface area contributed by atoms with Gasteiger partial charge in [0.1, 0.15) is 24.2 Å². The van der Waals surface area contributed by atoms with Crippen molar-refractivity contribution in [2.24, 2.45) is 0 Å². The summed E-state index contributed by atoms with van der Waals surface area (Å²) in [4.78, 5) is 11.9. The molecule has 1 atom stereocenters. The van der Waals surface area contributed by atoms with Gasteiger partial charge in [0.05, 0.1) is 6.54 Å². The van der Waals surface area contributed by atoms with Crippen LogP contribution in [0.5, 0.6) is 5.75 Å². The number of furan rings is 1. The van der Waals surface area contributed by atoms with Crippen molar-refractivity contribution in [3.63, 3.8) is 0 Å². The number of carbonyl (C=O) groups is 1. The number of methoxy groups -OCH3 is 1. The Hall–Kier alpha value is -1.98. The fraction of sp³-hybridized carbons (Fsp3) is 0.312. The number of hydrogen-bond donors (Lipinski definition) is 1. The van der Waals surface area contributed by atoms with Crippen molar-refractivity contribution in [2.45, 2.75) is 19.6 Å². The summed E-state index contributed by atoms with van der Waals surface area (Å²) in [7, 11) is 1.57. The molecule has 1 amide bonds. The molecule has 0 aliphatic carbocycles. The topological polar surface area (TPSA) is 60.7 Å². The number of ether oxygens (including phenoxy) is 2. The van der Waals surface area contributed by atoms with E-state index in [0.29, 0.717) is 29.7 Å². The molecule has 1 aromatic carbocycles. The van der Waals surface area contributed by atoms with E-state index >= 15 is 0 Å². The van der Waals surface area contributed by atoms with Crippen LogP contribution in [0.1, 0.15) is 23.2 Å². The predicted molar refractivity (Wildman–Crippen MR) is 83.3 cm³/mol. The Morgan fingerprint density at radius 3 is 2.68 bits per heavy atom. The van der Waals surface area contributed by atoms with Crippen LogP contribution in [0, 0.1) is 0 Å². The molecule has 1 aromatic heterocycles. The smallest absolute Gasteiger partial charge is 0.287 e. The molecule has 22 heavy (non-hydrogen) atoms. The highest BCUT2D eigenvalue weighted by Crippen LogP contribution is 2.16. The lowest BCUT2D eigenvalue weighted by molar-refractivity contribution is 0.0896. The third-order valence-corrected chi connectivity index (χ3v) is 3.12. The minimum atomic E-state index is -0.283. The van der Waals surface area contributed by atoms with Crippen LogP contribution in [0.4, 0.5) is 0 Å². The van der Waals surface area contributed by atoms with Gasteiger partial charge in [-0.3, -0.25) is 4.79 Å². The Balaban J connectivity index is 1.80. The van der Waals surface area contributed by atoms with Gasteiger partial charge in [-0.15, -0.1) is 0 Å². The number of rotatable bonds is 7. The van der Waals surface area contributed by atoms with Gasteiger partial charge in [-0.05, 0) is 43.3 Å². The maximum atomic E-state index is 11.9. The van der Waals surface area contributed by atoms with Gasteiger partial charge < -0.3 is 19.2 Å². The number of nitrogens with one attached hydrogen (secondary N) is 1. The quantitative estimate of drug-likeness (QED) is 0.849. The number of halogens is 1. The van der Waals surface area contributed by atoms with E-state index in [-0.39, 0.29) is 17.8 Å². The molecule has 0 fully saturated rings. The van der Waals surface area contributed by atoms with E-state index in [2.05, 4.69) is 5.32 Å². The zero-order chi connectivity index (χ0) is 15.9. The highest BCUT2D eigenvalue weighted by Gasteiger charge is 2.13. The summed E-state index contributed by atoms with van der Waals surface area (Å²) in [5.74, 6) is 1.28. The SMILES string of the molecule is COCc1ccc(C(=O)NC[C@@H](C)Oc2ccc(Cl)cc2)o1. The minimum absolute atomic E-state index is 0.182. The summed E-state index contributed by atoms with van der Waals surface area (Å²) < 4.78 is 16.0. The van der Waals surface area contributed by atoms with Crippen molar-refractivity contribution in [2.75, 3.05) is 13.7 Å². The zero-order valence-electron chi connectivity index (χ0n) is 12.5. The molecule has 0 spiro atoms. The average molecular weight is 324 g/mol. The fourth-order valence-corrected chi connectivity index (χ4v) is 1.96. The standard InChI is InChI=1S/C16H18ClNO4/c1-11(21-13-5-3-12(17)4-6-13)9-18-16(19)15-8-7-14(22-15)10-20-2/h3-8,11H,9-10H2,1-2H3,(H,18,19)/t11-/m1/s1. The number of amides is 1. The first-order valence-electron chi connectivity index (χ1n) is 6.86. The van der Waals surface area contributed by atoms with Crippen molar-refractivity contribution in [1.82, 2.24) is 5.32 Å². The average Bonchev–Trinajstić information content (AvgIpc) is 2.96. The van der Waals surface area contributed by atoms with Crippen molar-refractivity contribution in [3.8, 4) is 5.75 Å². The van der Waals surface area contributed by atoms with E-state index in [4.69, 9.17) is 25.5 Å². The fourth-order valence-electron chi connectivity index (χ4n) is 1.83. The molecule has 0 radical (unpaired) electrons. The normalized spacial score (nSPS) is 12.0. The van der Waals surface area contributed by atoms with Crippen LogP contribution >= 0.6 is 11.6 Å². The van der Waals surface area contributed by atoms with Crippen LogP contribution in [-0.2, 0) is 11.3 Å². The van der Waals surface area contributed by atoms with Gasteiger partial charge in [-0.2, -0.15) is 0 Å². The molecule has 0 aliphatic heterocycles. The molecular formula is C16H18ClNO4. The molecule has 5 nitrogen and oxygen atoms in total. The van der Waals surface area contributed by atoms with Gasteiger partial charge in [0, 0.05) is 12.1 Å². The summed E-state index contributed by atoms with van der Waals surface area (Å²) in [6.45, 7) is 2.57. The number of hydrogen-bond acceptors (Lipinski definition) is 4. The van der Waals surface area contributed by atoms with Crippen molar-refractivity contribution >= 4 is 17.5 Å². The van der Waals surface area contributed by atoms with E-state index in [0.717, 1.165) is 0 Å². The molecule has 0 saturated heterocycles. The monoisotopic (exact) mass is 323 g/mol. The zero-order valence-corrected chi connectivity index (χ0v) is 13.2. The Morgan fingerprint density at radius 2 is 2.00 bits per heavy atom. The maximum absolute atomic E-state index is 11.9. The summed E-state index contributed by atoms with van der Waals surface area (Å²) in [5.41, 5.74) is 0. The van der Waals surface area contributed by atoms with Gasteiger partial charge in [0.2, 0.25) is 0 Å². The molecular weight excluding hydrogens is 306 g/mol. The van der Waals surface area contributed by atoms with E-state index in [1.807, 2.05) is 6.92 Å². The summed E-state index contributed by atoms with van der Waals surface area (Å²) in [5, 5.41) is 3.41.